The Hall–Kier alpha value is -0.940. The topological polar surface area (TPSA) is 71.2 Å². The summed E-state index contributed by atoms with van der Waals surface area (Å²) in [5.41, 5.74) is 0. The molecular formula is C18H31N3O2. The summed E-state index contributed by atoms with van der Waals surface area (Å²) in [6.07, 6.45) is 10.5. The third kappa shape index (κ3) is 4.54. The molecule has 0 unspecified atom stereocenters. The Balaban J connectivity index is 1.39. The van der Waals surface area contributed by atoms with Gasteiger partial charge in [-0.1, -0.05) is 18.5 Å². The maximum Gasteiger partial charge on any atom is 0.229 e. The van der Waals surface area contributed by atoms with Crippen LogP contribution in [0, 0.1) is 11.8 Å². The number of nitrogens with zero attached hydrogens (tertiary/aromatic N) is 2. The van der Waals surface area contributed by atoms with Gasteiger partial charge < -0.3 is 14.9 Å². The molecule has 5 heteroatoms. The Kier molecular flexibility index (Phi) is 6.06. The molecule has 2 atom stereocenters. The molecular weight excluding hydrogens is 290 g/mol. The molecule has 0 aromatic carbocycles. The molecule has 2 fully saturated rings. The van der Waals surface area contributed by atoms with Gasteiger partial charge in [0.25, 0.3) is 0 Å². The van der Waals surface area contributed by atoms with Gasteiger partial charge in [0, 0.05) is 25.0 Å². The molecule has 2 saturated carbocycles. The summed E-state index contributed by atoms with van der Waals surface area (Å²) in [6.45, 7) is 3.54. The summed E-state index contributed by atoms with van der Waals surface area (Å²) in [4.78, 5) is 4.49. The maximum absolute atomic E-state index is 9.34. The molecule has 3 rings (SSSR count). The van der Waals surface area contributed by atoms with Gasteiger partial charge in [-0.05, 0) is 63.3 Å². The van der Waals surface area contributed by atoms with Crippen LogP contribution in [0.25, 0.3) is 0 Å². The van der Waals surface area contributed by atoms with Crippen molar-refractivity contribution < 1.29 is 9.63 Å². The Morgan fingerprint density at radius 1 is 1.13 bits per heavy atom. The SMILES string of the molecule is CCc1noc(C2CCC(NC[C@H]3CCC[C@@H](CO)C3)CC2)n1. The molecule has 130 valence electrons. The number of aryl methyl sites for hydroxylation is 1. The average molecular weight is 321 g/mol. The third-order valence-corrected chi connectivity index (χ3v) is 5.72. The normalized spacial score (nSPS) is 32.1. The Labute approximate surface area is 139 Å². The second-order valence-corrected chi connectivity index (χ2v) is 7.44. The van der Waals surface area contributed by atoms with E-state index < -0.39 is 0 Å². The van der Waals surface area contributed by atoms with Crippen LogP contribution in [0.15, 0.2) is 4.52 Å². The highest BCUT2D eigenvalue weighted by Crippen LogP contribution is 2.33. The molecule has 2 aliphatic rings. The van der Waals surface area contributed by atoms with Crippen molar-refractivity contribution in [3.63, 3.8) is 0 Å². The van der Waals surface area contributed by atoms with E-state index in [0.29, 0.717) is 24.5 Å². The quantitative estimate of drug-likeness (QED) is 0.842. The fourth-order valence-corrected chi connectivity index (χ4v) is 4.21. The first-order chi connectivity index (χ1) is 11.3. The van der Waals surface area contributed by atoms with Crippen LogP contribution in [-0.2, 0) is 6.42 Å². The van der Waals surface area contributed by atoms with Gasteiger partial charge in [-0.25, -0.2) is 0 Å². The Morgan fingerprint density at radius 3 is 2.61 bits per heavy atom. The zero-order chi connectivity index (χ0) is 16.1. The van der Waals surface area contributed by atoms with E-state index in [0.717, 1.165) is 43.4 Å². The number of hydrogen-bond donors (Lipinski definition) is 2. The van der Waals surface area contributed by atoms with Crippen LogP contribution in [0.4, 0.5) is 0 Å². The van der Waals surface area contributed by atoms with E-state index in [1.54, 1.807) is 0 Å². The summed E-state index contributed by atoms with van der Waals surface area (Å²) in [6, 6.07) is 0.634. The van der Waals surface area contributed by atoms with Crippen LogP contribution in [0.5, 0.6) is 0 Å². The van der Waals surface area contributed by atoms with E-state index >= 15 is 0 Å². The van der Waals surface area contributed by atoms with Crippen molar-refractivity contribution in [1.82, 2.24) is 15.5 Å². The van der Waals surface area contributed by atoms with Gasteiger partial charge in [0.05, 0.1) is 0 Å². The average Bonchev–Trinajstić information content (AvgIpc) is 3.10. The highest BCUT2D eigenvalue weighted by Gasteiger charge is 2.27. The molecule has 0 saturated heterocycles. The smallest absolute Gasteiger partial charge is 0.229 e. The lowest BCUT2D eigenvalue weighted by Crippen LogP contribution is -2.37. The van der Waals surface area contributed by atoms with Crippen molar-refractivity contribution in [3.05, 3.63) is 11.7 Å². The van der Waals surface area contributed by atoms with Crippen LogP contribution in [0.2, 0.25) is 0 Å². The number of aromatic nitrogens is 2. The van der Waals surface area contributed by atoms with Crippen molar-refractivity contribution in [2.24, 2.45) is 11.8 Å². The Bertz CT molecular complexity index is 469. The molecule has 0 spiro atoms. The molecule has 2 aliphatic carbocycles. The minimum Gasteiger partial charge on any atom is -0.396 e. The molecule has 5 nitrogen and oxygen atoms in total. The minimum absolute atomic E-state index is 0.367. The van der Waals surface area contributed by atoms with E-state index in [1.165, 1.54) is 38.5 Å². The first-order valence-electron chi connectivity index (χ1n) is 9.45. The van der Waals surface area contributed by atoms with Crippen molar-refractivity contribution in [1.29, 1.82) is 0 Å². The Morgan fingerprint density at radius 2 is 1.91 bits per heavy atom. The van der Waals surface area contributed by atoms with Crippen molar-refractivity contribution >= 4 is 0 Å². The zero-order valence-electron chi connectivity index (χ0n) is 14.3. The first kappa shape index (κ1) is 16.9. The van der Waals surface area contributed by atoms with E-state index in [4.69, 9.17) is 4.52 Å². The van der Waals surface area contributed by atoms with Crippen LogP contribution >= 0.6 is 0 Å². The van der Waals surface area contributed by atoms with Crippen molar-refractivity contribution in [2.75, 3.05) is 13.2 Å². The largest absolute Gasteiger partial charge is 0.396 e. The summed E-state index contributed by atoms with van der Waals surface area (Å²) in [5, 5.41) is 17.1. The van der Waals surface area contributed by atoms with Gasteiger partial charge in [-0.2, -0.15) is 4.98 Å². The van der Waals surface area contributed by atoms with Gasteiger partial charge in [-0.15, -0.1) is 0 Å². The minimum atomic E-state index is 0.367. The van der Waals surface area contributed by atoms with Crippen molar-refractivity contribution in [3.8, 4) is 0 Å². The summed E-state index contributed by atoms with van der Waals surface area (Å²) in [7, 11) is 0. The number of hydrogen-bond acceptors (Lipinski definition) is 5. The molecule has 0 radical (unpaired) electrons. The maximum atomic E-state index is 9.34. The van der Waals surface area contributed by atoms with Gasteiger partial charge in [0.15, 0.2) is 5.82 Å². The van der Waals surface area contributed by atoms with E-state index in [9.17, 15) is 5.11 Å². The van der Waals surface area contributed by atoms with E-state index in [1.807, 2.05) is 0 Å². The lowest BCUT2D eigenvalue weighted by Gasteiger charge is -2.32. The predicted molar refractivity (Wildman–Crippen MR) is 89.2 cm³/mol. The van der Waals surface area contributed by atoms with Crippen LogP contribution in [0.1, 0.15) is 75.9 Å². The lowest BCUT2D eigenvalue weighted by molar-refractivity contribution is 0.156. The lowest BCUT2D eigenvalue weighted by atomic mass is 9.81. The first-order valence-corrected chi connectivity index (χ1v) is 9.45. The summed E-state index contributed by atoms with van der Waals surface area (Å²) < 4.78 is 5.40. The fraction of sp³-hybridized carbons (Fsp3) is 0.889. The van der Waals surface area contributed by atoms with Gasteiger partial charge in [0.2, 0.25) is 5.89 Å². The number of aliphatic hydroxyl groups is 1. The van der Waals surface area contributed by atoms with E-state index in [-0.39, 0.29) is 0 Å². The molecule has 0 bridgehead atoms. The molecule has 0 aliphatic heterocycles. The molecule has 1 aromatic heterocycles. The predicted octanol–water partition coefficient (Wildman–Crippen LogP) is 3.05. The van der Waals surface area contributed by atoms with Gasteiger partial charge in [0.1, 0.15) is 0 Å². The molecule has 0 amide bonds. The second kappa shape index (κ2) is 8.25. The number of nitrogens with one attached hydrogen (secondary N) is 1. The summed E-state index contributed by atoms with van der Waals surface area (Å²) in [5.74, 6) is 3.42. The molecule has 1 aromatic rings. The molecule has 1 heterocycles. The molecule has 2 N–H and O–H groups in total. The van der Waals surface area contributed by atoms with Crippen molar-refractivity contribution in [2.45, 2.75) is 76.7 Å². The highest BCUT2D eigenvalue weighted by molar-refractivity contribution is 4.97. The van der Waals surface area contributed by atoms with Gasteiger partial charge in [-0.3, -0.25) is 0 Å². The number of rotatable bonds is 6. The van der Waals surface area contributed by atoms with Crippen LogP contribution in [0.3, 0.4) is 0 Å². The number of aliphatic hydroxyl groups excluding tert-OH is 1. The van der Waals surface area contributed by atoms with Crippen LogP contribution in [-0.4, -0.2) is 34.4 Å². The zero-order valence-corrected chi connectivity index (χ0v) is 14.3. The van der Waals surface area contributed by atoms with Crippen LogP contribution < -0.4 is 5.32 Å². The standard InChI is InChI=1S/C18H31N3O2/c1-2-17-20-18(23-21-17)15-6-8-16(9-7-15)19-11-13-4-3-5-14(10-13)12-22/h13-16,19,22H,2-12H2,1H3/t13-,14+,15?,16?/m0/s1. The highest BCUT2D eigenvalue weighted by atomic mass is 16.5. The monoisotopic (exact) mass is 321 g/mol. The summed E-state index contributed by atoms with van der Waals surface area (Å²) >= 11 is 0. The fourth-order valence-electron chi connectivity index (χ4n) is 4.21. The van der Waals surface area contributed by atoms with E-state index in [2.05, 4.69) is 22.4 Å². The molecule has 23 heavy (non-hydrogen) atoms. The second-order valence-electron chi connectivity index (χ2n) is 7.44. The van der Waals surface area contributed by atoms with Gasteiger partial charge >= 0.3 is 0 Å². The third-order valence-electron chi connectivity index (χ3n) is 5.72.